The van der Waals surface area contributed by atoms with Crippen LogP contribution in [0.4, 0.5) is 4.79 Å². The van der Waals surface area contributed by atoms with Crippen molar-refractivity contribution in [2.45, 2.75) is 44.8 Å². The summed E-state index contributed by atoms with van der Waals surface area (Å²) in [5.74, 6) is -1.25. The molecule has 0 spiro atoms. The number of nitrogens with zero attached hydrogens (tertiary/aromatic N) is 2. The predicted octanol–water partition coefficient (Wildman–Crippen LogP) is 2.26. The molecule has 0 unspecified atom stereocenters. The quantitative estimate of drug-likeness (QED) is 0.904. The van der Waals surface area contributed by atoms with Gasteiger partial charge < -0.3 is 9.84 Å². The van der Waals surface area contributed by atoms with Crippen molar-refractivity contribution in [2.75, 3.05) is 6.54 Å². The number of aromatic nitrogens is 1. The molecule has 1 fully saturated rings. The molecule has 6 heteroatoms. The van der Waals surface area contributed by atoms with E-state index in [2.05, 4.69) is 4.98 Å². The molecule has 0 bridgehead atoms. The van der Waals surface area contributed by atoms with E-state index < -0.39 is 23.7 Å². The number of likely N-dealkylation sites (tertiary alicyclic amines) is 1. The van der Waals surface area contributed by atoms with Gasteiger partial charge in [-0.25, -0.2) is 9.59 Å². The third-order valence-electron chi connectivity index (χ3n) is 3.41. The van der Waals surface area contributed by atoms with Gasteiger partial charge in [0.15, 0.2) is 0 Å². The molecule has 114 valence electrons. The highest BCUT2D eigenvalue weighted by Crippen LogP contribution is 2.34. The van der Waals surface area contributed by atoms with Gasteiger partial charge in [0, 0.05) is 24.9 Å². The number of hydrogen-bond acceptors (Lipinski definition) is 4. The van der Waals surface area contributed by atoms with Crippen LogP contribution >= 0.6 is 0 Å². The van der Waals surface area contributed by atoms with Crippen LogP contribution in [0.5, 0.6) is 0 Å². The molecular weight excluding hydrogens is 272 g/mol. The zero-order valence-electron chi connectivity index (χ0n) is 12.4. The summed E-state index contributed by atoms with van der Waals surface area (Å²) in [5.41, 5.74) is 0.234. The molecule has 0 aliphatic carbocycles. The molecule has 1 aromatic rings. The van der Waals surface area contributed by atoms with Gasteiger partial charge >= 0.3 is 12.1 Å². The molecule has 1 aliphatic heterocycles. The van der Waals surface area contributed by atoms with Gasteiger partial charge in [-0.15, -0.1) is 0 Å². The summed E-state index contributed by atoms with van der Waals surface area (Å²) in [5, 5.41) is 9.50. The number of pyridine rings is 1. The lowest BCUT2D eigenvalue weighted by Gasteiger charge is -2.28. The van der Waals surface area contributed by atoms with Crippen LogP contribution in [0.3, 0.4) is 0 Å². The minimum Gasteiger partial charge on any atom is -0.480 e. The van der Waals surface area contributed by atoms with Crippen molar-refractivity contribution in [3.8, 4) is 0 Å². The number of ether oxygens (including phenoxy) is 1. The molecule has 2 heterocycles. The average molecular weight is 292 g/mol. The van der Waals surface area contributed by atoms with Crippen molar-refractivity contribution in [1.82, 2.24) is 9.88 Å². The molecule has 1 saturated heterocycles. The van der Waals surface area contributed by atoms with Crippen LogP contribution in [0.1, 0.15) is 38.7 Å². The van der Waals surface area contributed by atoms with Crippen LogP contribution in [0, 0.1) is 0 Å². The van der Waals surface area contributed by atoms with Crippen LogP contribution in [0.15, 0.2) is 24.5 Å². The summed E-state index contributed by atoms with van der Waals surface area (Å²) in [4.78, 5) is 29.0. The first-order chi connectivity index (χ1) is 9.79. The Morgan fingerprint density at radius 2 is 1.95 bits per heavy atom. The van der Waals surface area contributed by atoms with Gasteiger partial charge in [-0.2, -0.15) is 0 Å². The minimum atomic E-state index is -1.01. The smallest absolute Gasteiger partial charge is 0.411 e. The Balaban J connectivity index is 2.22. The topological polar surface area (TPSA) is 79.7 Å². The molecule has 1 aromatic heterocycles. The van der Waals surface area contributed by atoms with Crippen molar-refractivity contribution >= 4 is 12.1 Å². The largest absolute Gasteiger partial charge is 0.480 e. The van der Waals surface area contributed by atoms with Gasteiger partial charge in [0.2, 0.25) is 0 Å². The van der Waals surface area contributed by atoms with E-state index in [1.165, 1.54) is 4.90 Å². The maximum absolute atomic E-state index is 12.2. The van der Waals surface area contributed by atoms with Crippen molar-refractivity contribution < 1.29 is 19.4 Å². The lowest BCUT2D eigenvalue weighted by atomic mass is 9.92. The lowest BCUT2D eigenvalue weighted by molar-refractivity contribution is -0.142. The van der Waals surface area contributed by atoms with Gasteiger partial charge in [-0.05, 0) is 44.9 Å². The average Bonchev–Trinajstić information content (AvgIpc) is 2.82. The van der Waals surface area contributed by atoms with Crippen LogP contribution in [0.25, 0.3) is 0 Å². The van der Waals surface area contributed by atoms with E-state index in [9.17, 15) is 14.7 Å². The second-order valence-corrected chi connectivity index (χ2v) is 6.13. The fraction of sp³-hybridized carbons (Fsp3) is 0.533. The van der Waals surface area contributed by atoms with Crippen LogP contribution in [-0.2, 0) is 9.53 Å². The van der Waals surface area contributed by atoms with Crippen LogP contribution in [-0.4, -0.2) is 45.2 Å². The summed E-state index contributed by atoms with van der Waals surface area (Å²) in [6, 6.07) is 2.68. The number of carboxylic acids is 1. The number of hydrogen-bond donors (Lipinski definition) is 1. The molecule has 1 aliphatic rings. The van der Waals surface area contributed by atoms with Crippen molar-refractivity contribution in [2.24, 2.45) is 0 Å². The third kappa shape index (κ3) is 3.51. The van der Waals surface area contributed by atoms with Gasteiger partial charge in [0.05, 0.1) is 0 Å². The molecular formula is C15H20N2O4. The third-order valence-corrected chi connectivity index (χ3v) is 3.41. The van der Waals surface area contributed by atoms with E-state index in [0.717, 1.165) is 5.56 Å². The second-order valence-electron chi connectivity index (χ2n) is 6.13. The molecule has 1 amide bonds. The maximum atomic E-state index is 12.2. The highest BCUT2D eigenvalue weighted by atomic mass is 16.6. The Morgan fingerprint density at radius 3 is 2.48 bits per heavy atom. The highest BCUT2D eigenvalue weighted by molar-refractivity contribution is 5.82. The first-order valence-electron chi connectivity index (χ1n) is 6.92. The lowest BCUT2D eigenvalue weighted by Crippen LogP contribution is -2.45. The number of aliphatic carboxylic acids is 1. The number of rotatable bonds is 2. The number of amides is 1. The standard InChI is InChI=1S/C15H20N2O4/c1-15(2,3)21-14(20)17-9-6-11(12(17)13(18)19)10-4-7-16-8-5-10/h4-5,7-8,11-12H,6,9H2,1-3H3,(H,18,19)/t11-,12-/m0/s1. The molecule has 6 nitrogen and oxygen atoms in total. The van der Waals surface area contributed by atoms with Crippen molar-refractivity contribution in [3.05, 3.63) is 30.1 Å². The van der Waals surface area contributed by atoms with E-state index in [1.807, 2.05) is 0 Å². The normalized spacial score (nSPS) is 22.1. The zero-order valence-corrected chi connectivity index (χ0v) is 12.4. The Morgan fingerprint density at radius 1 is 1.33 bits per heavy atom. The first kappa shape index (κ1) is 15.3. The second kappa shape index (κ2) is 5.71. The Hall–Kier alpha value is -2.11. The first-order valence-corrected chi connectivity index (χ1v) is 6.92. The van der Waals surface area contributed by atoms with Gasteiger partial charge in [-0.3, -0.25) is 9.88 Å². The Bertz CT molecular complexity index is 524. The molecule has 2 rings (SSSR count). The number of carbonyl (C=O) groups excluding carboxylic acids is 1. The van der Waals surface area contributed by atoms with E-state index in [1.54, 1.807) is 45.3 Å². The fourth-order valence-corrected chi connectivity index (χ4v) is 2.58. The van der Waals surface area contributed by atoms with Gasteiger partial charge in [0.25, 0.3) is 0 Å². The van der Waals surface area contributed by atoms with Gasteiger partial charge in [0.1, 0.15) is 11.6 Å². The van der Waals surface area contributed by atoms with E-state index in [-0.39, 0.29) is 5.92 Å². The molecule has 21 heavy (non-hydrogen) atoms. The summed E-state index contributed by atoms with van der Waals surface area (Å²) >= 11 is 0. The van der Waals surface area contributed by atoms with Crippen LogP contribution in [0.2, 0.25) is 0 Å². The minimum absolute atomic E-state index is 0.238. The molecule has 0 aromatic carbocycles. The Kier molecular flexibility index (Phi) is 4.16. The summed E-state index contributed by atoms with van der Waals surface area (Å²) < 4.78 is 5.30. The summed E-state index contributed by atoms with van der Waals surface area (Å²) in [6.07, 6.45) is 3.28. The molecule has 0 radical (unpaired) electrons. The highest BCUT2D eigenvalue weighted by Gasteiger charge is 2.44. The van der Waals surface area contributed by atoms with E-state index in [4.69, 9.17) is 4.74 Å². The summed E-state index contributed by atoms with van der Waals surface area (Å²) in [6.45, 7) is 5.66. The number of carbonyl (C=O) groups is 2. The van der Waals surface area contributed by atoms with Crippen molar-refractivity contribution in [3.63, 3.8) is 0 Å². The molecule has 0 saturated carbocycles. The van der Waals surface area contributed by atoms with Crippen LogP contribution < -0.4 is 0 Å². The SMILES string of the molecule is CC(C)(C)OC(=O)N1CC[C@@H](c2ccncc2)[C@H]1C(=O)O. The van der Waals surface area contributed by atoms with Gasteiger partial charge in [-0.1, -0.05) is 0 Å². The van der Waals surface area contributed by atoms with Crippen molar-refractivity contribution in [1.29, 1.82) is 0 Å². The number of carboxylic acid groups (broad SMARTS) is 1. The van der Waals surface area contributed by atoms with E-state index >= 15 is 0 Å². The molecule has 2 atom stereocenters. The Labute approximate surface area is 123 Å². The monoisotopic (exact) mass is 292 g/mol. The summed E-state index contributed by atoms with van der Waals surface area (Å²) in [7, 11) is 0. The van der Waals surface area contributed by atoms with E-state index in [0.29, 0.717) is 13.0 Å². The maximum Gasteiger partial charge on any atom is 0.411 e. The predicted molar refractivity (Wildman–Crippen MR) is 76.0 cm³/mol. The fourth-order valence-electron chi connectivity index (χ4n) is 2.58. The molecule has 1 N–H and O–H groups in total. The zero-order chi connectivity index (χ0) is 15.6.